The van der Waals surface area contributed by atoms with Crippen LogP contribution in [0.15, 0.2) is 71.2 Å². The summed E-state index contributed by atoms with van der Waals surface area (Å²) < 4.78 is 6.21. The number of halogens is 3. The topological polar surface area (TPSA) is 101 Å². The van der Waals surface area contributed by atoms with E-state index < -0.39 is 47.9 Å². The monoisotopic (exact) mass is 670 g/mol. The number of amides is 3. The molecule has 1 aliphatic heterocycles. The quantitative estimate of drug-likeness (QED) is 0.121. The molecule has 42 heavy (non-hydrogen) atoms. The second-order valence-electron chi connectivity index (χ2n) is 10.5. The molecule has 1 heterocycles. The molecule has 0 N–H and O–H groups in total. The molecular formula is C31H25BrCl2N2O6. The molecule has 1 saturated heterocycles. The number of hydrogen-bond donors (Lipinski definition) is 0. The Morgan fingerprint density at radius 1 is 0.857 bits per heavy atom. The van der Waals surface area contributed by atoms with Crippen LogP contribution in [0.3, 0.4) is 0 Å². The number of carbonyl (C=O) groups is 5. The maximum atomic E-state index is 13.7. The van der Waals surface area contributed by atoms with Gasteiger partial charge in [-0.2, -0.15) is 5.01 Å². The first-order valence-corrected chi connectivity index (χ1v) is 14.8. The van der Waals surface area contributed by atoms with Gasteiger partial charge in [0.05, 0.1) is 27.4 Å². The lowest BCUT2D eigenvalue weighted by molar-refractivity contribution is -0.154. The Kier molecular flexibility index (Phi) is 8.82. The summed E-state index contributed by atoms with van der Waals surface area (Å²) in [6, 6.07) is 16.6. The molecule has 2 fully saturated rings. The van der Waals surface area contributed by atoms with Crippen LogP contribution in [0.4, 0.5) is 0 Å². The van der Waals surface area contributed by atoms with Gasteiger partial charge in [0.25, 0.3) is 17.7 Å². The Labute approximate surface area is 260 Å². The van der Waals surface area contributed by atoms with Crippen LogP contribution in [0, 0.1) is 17.8 Å². The lowest BCUT2D eigenvalue weighted by Crippen LogP contribution is -2.52. The molecule has 5 rings (SSSR count). The van der Waals surface area contributed by atoms with Gasteiger partial charge < -0.3 is 4.74 Å². The minimum Gasteiger partial charge on any atom is -0.423 e. The third-order valence-electron chi connectivity index (χ3n) is 7.57. The smallest absolute Gasteiger partial charge is 0.343 e. The fourth-order valence-corrected chi connectivity index (χ4v) is 5.87. The number of fused-ring (bicyclic) bond motifs is 1. The highest BCUT2D eigenvalue weighted by Gasteiger charge is 2.52. The van der Waals surface area contributed by atoms with Gasteiger partial charge in [0, 0.05) is 15.6 Å². The van der Waals surface area contributed by atoms with Crippen LogP contribution in [0.25, 0.3) is 0 Å². The van der Waals surface area contributed by atoms with E-state index in [2.05, 4.69) is 15.9 Å². The van der Waals surface area contributed by atoms with E-state index in [4.69, 9.17) is 27.9 Å². The number of imide groups is 1. The first kappa shape index (κ1) is 29.9. The second-order valence-corrected chi connectivity index (χ2v) is 12.2. The zero-order valence-electron chi connectivity index (χ0n) is 22.4. The van der Waals surface area contributed by atoms with E-state index in [-0.39, 0.29) is 32.8 Å². The lowest BCUT2D eigenvalue weighted by Gasteiger charge is -2.30. The Morgan fingerprint density at radius 2 is 1.48 bits per heavy atom. The average Bonchev–Trinajstić information content (AvgIpc) is 3.21. The standard InChI is InChI=1S/C31H25BrCl2N2O6/c1-17-2-12-23-24(14-17)30(40)36(29(23)39)35(28(38)20-7-13-25(33)26(34)15-20)16-27(37)18-5-10-22(11-6-18)42-31(41)19-3-8-21(32)9-4-19/h3-11,13,15,17,23-24H,2,12,14,16H2,1H3/t17-,23-,24+/m1/s1. The zero-order chi connectivity index (χ0) is 30.1. The number of ketones is 1. The highest BCUT2D eigenvalue weighted by Crippen LogP contribution is 2.41. The van der Waals surface area contributed by atoms with Gasteiger partial charge in [-0.05, 0) is 91.9 Å². The van der Waals surface area contributed by atoms with Crippen molar-refractivity contribution in [2.75, 3.05) is 6.54 Å². The summed E-state index contributed by atoms with van der Waals surface area (Å²) in [5.41, 5.74) is 0.608. The molecule has 0 radical (unpaired) electrons. The summed E-state index contributed by atoms with van der Waals surface area (Å²) in [6.07, 6.45) is 1.87. The van der Waals surface area contributed by atoms with Crippen molar-refractivity contribution < 1.29 is 28.7 Å². The Bertz CT molecular complexity index is 1580. The van der Waals surface area contributed by atoms with Crippen LogP contribution in [-0.4, -0.2) is 46.0 Å². The van der Waals surface area contributed by atoms with Crippen molar-refractivity contribution in [2.45, 2.75) is 26.2 Å². The summed E-state index contributed by atoms with van der Waals surface area (Å²) in [5.74, 6) is -3.42. The van der Waals surface area contributed by atoms with E-state index in [9.17, 15) is 24.0 Å². The predicted octanol–water partition coefficient (Wildman–Crippen LogP) is 6.64. The highest BCUT2D eigenvalue weighted by atomic mass is 79.9. The summed E-state index contributed by atoms with van der Waals surface area (Å²) in [4.78, 5) is 66.6. The molecule has 3 amide bonds. The largest absolute Gasteiger partial charge is 0.423 e. The third-order valence-corrected chi connectivity index (χ3v) is 8.83. The van der Waals surface area contributed by atoms with Gasteiger partial charge in [0.2, 0.25) is 0 Å². The number of rotatable bonds is 7. The van der Waals surface area contributed by atoms with Crippen LogP contribution in [0.5, 0.6) is 5.75 Å². The summed E-state index contributed by atoms with van der Waals surface area (Å²) in [5, 5.41) is 2.08. The van der Waals surface area contributed by atoms with Crippen molar-refractivity contribution in [1.82, 2.24) is 10.0 Å². The first-order chi connectivity index (χ1) is 20.0. The maximum Gasteiger partial charge on any atom is 0.343 e. The first-order valence-electron chi connectivity index (χ1n) is 13.3. The number of Topliss-reactive ketones (excluding diaryl/α,β-unsaturated/α-hetero) is 1. The Morgan fingerprint density at radius 3 is 2.14 bits per heavy atom. The number of carbonyl (C=O) groups excluding carboxylic acids is 5. The van der Waals surface area contributed by atoms with E-state index in [0.717, 1.165) is 20.9 Å². The van der Waals surface area contributed by atoms with Crippen LogP contribution in [-0.2, 0) is 9.59 Å². The molecule has 1 saturated carbocycles. The van der Waals surface area contributed by atoms with Crippen molar-refractivity contribution in [3.63, 3.8) is 0 Å². The molecule has 8 nitrogen and oxygen atoms in total. The predicted molar refractivity (Wildman–Crippen MR) is 159 cm³/mol. The third kappa shape index (κ3) is 6.14. The number of benzene rings is 3. The van der Waals surface area contributed by atoms with Crippen molar-refractivity contribution >= 4 is 68.6 Å². The highest BCUT2D eigenvalue weighted by molar-refractivity contribution is 9.10. The fourth-order valence-electron chi connectivity index (χ4n) is 5.31. The summed E-state index contributed by atoms with van der Waals surface area (Å²) in [6.45, 7) is 1.45. The number of hydrazine groups is 1. The van der Waals surface area contributed by atoms with E-state index in [0.29, 0.717) is 18.4 Å². The Balaban J connectivity index is 1.38. The number of nitrogens with zero attached hydrogens (tertiary/aromatic N) is 2. The van der Waals surface area contributed by atoms with E-state index >= 15 is 0 Å². The lowest BCUT2D eigenvalue weighted by atomic mass is 9.76. The molecule has 3 aromatic rings. The molecule has 0 bridgehead atoms. The molecule has 1 aliphatic carbocycles. The van der Waals surface area contributed by atoms with Gasteiger partial charge in [0.1, 0.15) is 12.3 Å². The molecule has 216 valence electrons. The van der Waals surface area contributed by atoms with Gasteiger partial charge >= 0.3 is 5.97 Å². The van der Waals surface area contributed by atoms with Crippen LogP contribution >= 0.6 is 39.1 Å². The van der Waals surface area contributed by atoms with Gasteiger partial charge in [0.15, 0.2) is 5.78 Å². The van der Waals surface area contributed by atoms with Gasteiger partial charge in [-0.3, -0.25) is 19.2 Å². The van der Waals surface area contributed by atoms with Crippen molar-refractivity contribution in [3.8, 4) is 5.75 Å². The molecule has 2 aliphatic rings. The minimum absolute atomic E-state index is 0.0660. The van der Waals surface area contributed by atoms with Crippen LogP contribution in [0.1, 0.15) is 57.3 Å². The molecule has 0 aromatic heterocycles. The van der Waals surface area contributed by atoms with Crippen molar-refractivity contribution in [2.24, 2.45) is 17.8 Å². The Hall–Kier alpha value is -3.53. The van der Waals surface area contributed by atoms with Gasteiger partial charge in [-0.15, -0.1) is 0 Å². The second kappa shape index (κ2) is 12.4. The van der Waals surface area contributed by atoms with E-state index in [1.807, 2.05) is 6.92 Å². The van der Waals surface area contributed by atoms with Gasteiger partial charge in [-0.25, -0.2) is 9.80 Å². The SMILES string of the molecule is C[C@@H]1CC[C@H]2C(=O)N(N(CC(=O)c3ccc(OC(=O)c4ccc(Br)cc4)cc3)C(=O)c3ccc(Cl)c(Cl)c3)C(=O)[C@H]2C1. The molecule has 3 aromatic carbocycles. The van der Waals surface area contributed by atoms with Crippen LogP contribution in [0.2, 0.25) is 10.0 Å². The average molecular weight is 672 g/mol. The van der Waals surface area contributed by atoms with Crippen molar-refractivity contribution in [1.29, 1.82) is 0 Å². The number of esters is 1. The number of ether oxygens (including phenoxy) is 1. The minimum atomic E-state index is -0.740. The number of hydrogen-bond acceptors (Lipinski definition) is 6. The molecular weight excluding hydrogens is 647 g/mol. The molecule has 0 spiro atoms. The fraction of sp³-hybridized carbons (Fsp3) is 0.258. The molecule has 0 unspecified atom stereocenters. The van der Waals surface area contributed by atoms with E-state index in [1.54, 1.807) is 24.3 Å². The molecule has 11 heteroatoms. The van der Waals surface area contributed by atoms with E-state index in [1.165, 1.54) is 42.5 Å². The normalized spacial score (nSPS) is 19.8. The van der Waals surface area contributed by atoms with Crippen LogP contribution < -0.4 is 4.74 Å². The molecule has 3 atom stereocenters. The van der Waals surface area contributed by atoms with Gasteiger partial charge in [-0.1, -0.05) is 46.1 Å². The summed E-state index contributed by atoms with van der Waals surface area (Å²) >= 11 is 15.5. The zero-order valence-corrected chi connectivity index (χ0v) is 25.5. The maximum absolute atomic E-state index is 13.7. The van der Waals surface area contributed by atoms with Crippen molar-refractivity contribution in [3.05, 3.63) is 97.9 Å². The summed E-state index contributed by atoms with van der Waals surface area (Å²) in [7, 11) is 0.